The van der Waals surface area contributed by atoms with Crippen molar-refractivity contribution in [1.82, 2.24) is 0 Å². The van der Waals surface area contributed by atoms with Gasteiger partial charge in [0.25, 0.3) is 0 Å². The summed E-state index contributed by atoms with van der Waals surface area (Å²) in [5.41, 5.74) is 0.709. The predicted molar refractivity (Wildman–Crippen MR) is 76.9 cm³/mol. The fraction of sp³-hybridized carbons (Fsp3) is 0.167. The van der Waals surface area contributed by atoms with Crippen molar-refractivity contribution in [3.8, 4) is 0 Å². The third-order valence-corrected chi connectivity index (χ3v) is 4.38. The summed E-state index contributed by atoms with van der Waals surface area (Å²) < 4.78 is 13.8. The molecule has 0 radical (unpaired) electrons. The van der Waals surface area contributed by atoms with Gasteiger partial charge in [-0.3, -0.25) is 0 Å². The number of hydrogen-bond acceptors (Lipinski definition) is 3. The molecule has 17 heavy (non-hydrogen) atoms. The summed E-state index contributed by atoms with van der Waals surface area (Å²) in [7, 11) is 0. The molecule has 2 nitrogen and oxygen atoms in total. The molecule has 0 spiro atoms. The summed E-state index contributed by atoms with van der Waals surface area (Å²) in [6.45, 7) is 0.375. The van der Waals surface area contributed by atoms with E-state index in [9.17, 15) is 9.50 Å². The third kappa shape index (κ3) is 3.17. The second-order valence-electron chi connectivity index (χ2n) is 3.51. The average molecular weight is 363 g/mol. The molecule has 1 unspecified atom stereocenters. The van der Waals surface area contributed by atoms with E-state index in [1.54, 1.807) is 12.1 Å². The Morgan fingerprint density at radius 2 is 2.18 bits per heavy atom. The first-order chi connectivity index (χ1) is 8.18. The quantitative estimate of drug-likeness (QED) is 0.813. The number of rotatable bonds is 4. The number of anilines is 1. The van der Waals surface area contributed by atoms with Crippen LogP contribution in [0.5, 0.6) is 0 Å². The highest BCUT2D eigenvalue weighted by Gasteiger charge is 2.10. The first kappa shape index (κ1) is 12.8. The Balaban J connectivity index is 2.00. The summed E-state index contributed by atoms with van der Waals surface area (Å²) in [4.78, 5) is 0.906. The van der Waals surface area contributed by atoms with E-state index in [2.05, 4.69) is 5.32 Å². The van der Waals surface area contributed by atoms with Crippen LogP contribution in [0.4, 0.5) is 10.1 Å². The van der Waals surface area contributed by atoms with Crippen LogP contribution in [0.2, 0.25) is 0 Å². The molecule has 0 saturated carbocycles. The number of thiophene rings is 1. The second-order valence-corrected chi connectivity index (χ2v) is 5.57. The Labute approximate surface area is 117 Å². The molecule has 1 atom stereocenters. The van der Waals surface area contributed by atoms with E-state index >= 15 is 0 Å². The maximum absolute atomic E-state index is 13.3. The van der Waals surface area contributed by atoms with Gasteiger partial charge in [0.15, 0.2) is 0 Å². The summed E-state index contributed by atoms with van der Waals surface area (Å²) in [5.74, 6) is -0.249. The standard InChI is InChI=1S/C12H11FINOS/c13-8-3-1-4-9(12(8)14)15-7-10(16)11-5-2-6-17-11/h1-6,10,15-16H,7H2. The van der Waals surface area contributed by atoms with E-state index in [-0.39, 0.29) is 5.82 Å². The van der Waals surface area contributed by atoms with Crippen molar-refractivity contribution in [2.75, 3.05) is 11.9 Å². The Hall–Kier alpha value is -0.660. The zero-order valence-corrected chi connectivity index (χ0v) is 11.8. The van der Waals surface area contributed by atoms with Gasteiger partial charge >= 0.3 is 0 Å². The molecule has 1 heterocycles. The van der Waals surface area contributed by atoms with Gasteiger partial charge in [0.2, 0.25) is 0 Å². The van der Waals surface area contributed by atoms with Gasteiger partial charge < -0.3 is 10.4 Å². The monoisotopic (exact) mass is 363 g/mol. The molecule has 0 bridgehead atoms. The summed E-state index contributed by atoms with van der Waals surface area (Å²) in [5, 5.41) is 14.9. The van der Waals surface area contributed by atoms with Crippen molar-refractivity contribution in [2.24, 2.45) is 0 Å². The first-order valence-corrected chi connectivity index (χ1v) is 7.03. The van der Waals surface area contributed by atoms with Gasteiger partial charge in [0, 0.05) is 11.4 Å². The van der Waals surface area contributed by atoms with Gasteiger partial charge in [-0.1, -0.05) is 12.1 Å². The van der Waals surface area contributed by atoms with Crippen LogP contribution in [-0.4, -0.2) is 11.7 Å². The minimum atomic E-state index is -0.561. The van der Waals surface area contributed by atoms with Crippen LogP contribution in [0, 0.1) is 9.39 Å². The van der Waals surface area contributed by atoms with Crippen LogP contribution < -0.4 is 5.32 Å². The normalized spacial score (nSPS) is 12.4. The van der Waals surface area contributed by atoms with E-state index < -0.39 is 6.10 Å². The minimum absolute atomic E-state index is 0.249. The van der Waals surface area contributed by atoms with Crippen molar-refractivity contribution in [1.29, 1.82) is 0 Å². The van der Waals surface area contributed by atoms with Gasteiger partial charge in [-0.05, 0) is 46.2 Å². The van der Waals surface area contributed by atoms with Crippen molar-refractivity contribution in [2.45, 2.75) is 6.10 Å². The highest BCUT2D eigenvalue weighted by atomic mass is 127. The molecular formula is C12H11FINOS. The Bertz CT molecular complexity index is 489. The summed E-state index contributed by atoms with van der Waals surface area (Å²) in [6, 6.07) is 8.65. The lowest BCUT2D eigenvalue weighted by atomic mass is 10.2. The molecule has 2 aromatic rings. The molecule has 2 N–H and O–H groups in total. The van der Waals surface area contributed by atoms with Crippen LogP contribution in [0.1, 0.15) is 11.0 Å². The summed E-state index contributed by atoms with van der Waals surface area (Å²) >= 11 is 3.46. The molecular weight excluding hydrogens is 352 g/mol. The lowest BCUT2D eigenvalue weighted by Gasteiger charge is -2.12. The van der Waals surface area contributed by atoms with Crippen molar-refractivity contribution in [3.05, 3.63) is 50.0 Å². The van der Waals surface area contributed by atoms with Crippen LogP contribution in [0.25, 0.3) is 0 Å². The fourth-order valence-electron chi connectivity index (χ4n) is 1.43. The molecule has 0 amide bonds. The zero-order chi connectivity index (χ0) is 12.3. The smallest absolute Gasteiger partial charge is 0.138 e. The summed E-state index contributed by atoms with van der Waals surface area (Å²) in [6.07, 6.45) is -0.561. The molecule has 0 saturated heterocycles. The SMILES string of the molecule is OC(CNc1cccc(F)c1I)c1cccs1. The highest BCUT2D eigenvalue weighted by Crippen LogP contribution is 2.23. The van der Waals surface area contributed by atoms with E-state index in [4.69, 9.17) is 0 Å². The van der Waals surface area contributed by atoms with Gasteiger partial charge in [0.05, 0.1) is 9.26 Å². The molecule has 1 aromatic heterocycles. The number of aliphatic hydroxyl groups is 1. The van der Waals surface area contributed by atoms with E-state index in [1.807, 2.05) is 40.1 Å². The Morgan fingerprint density at radius 3 is 2.88 bits per heavy atom. The molecule has 0 aliphatic rings. The molecule has 1 aromatic carbocycles. The van der Waals surface area contributed by atoms with Gasteiger partial charge in [-0.2, -0.15) is 0 Å². The molecule has 0 aliphatic heterocycles. The van der Waals surface area contributed by atoms with Crippen molar-refractivity contribution >= 4 is 39.6 Å². The molecule has 0 aliphatic carbocycles. The van der Waals surface area contributed by atoms with Gasteiger partial charge in [0.1, 0.15) is 11.9 Å². The minimum Gasteiger partial charge on any atom is -0.386 e. The number of aliphatic hydroxyl groups excluding tert-OH is 1. The van der Waals surface area contributed by atoms with Crippen LogP contribution in [-0.2, 0) is 0 Å². The number of benzene rings is 1. The van der Waals surface area contributed by atoms with E-state index in [1.165, 1.54) is 17.4 Å². The molecule has 5 heteroatoms. The van der Waals surface area contributed by atoms with Crippen LogP contribution in [0.15, 0.2) is 35.7 Å². The molecule has 90 valence electrons. The van der Waals surface area contributed by atoms with Gasteiger partial charge in [-0.25, -0.2) is 4.39 Å². The number of halogens is 2. The topological polar surface area (TPSA) is 32.3 Å². The third-order valence-electron chi connectivity index (χ3n) is 2.31. The van der Waals surface area contributed by atoms with Gasteiger partial charge in [-0.15, -0.1) is 11.3 Å². The largest absolute Gasteiger partial charge is 0.386 e. The maximum atomic E-state index is 13.3. The average Bonchev–Trinajstić information content (AvgIpc) is 2.84. The lowest BCUT2D eigenvalue weighted by molar-refractivity contribution is 0.195. The lowest BCUT2D eigenvalue weighted by Crippen LogP contribution is -2.12. The molecule has 2 rings (SSSR count). The second kappa shape index (κ2) is 5.79. The maximum Gasteiger partial charge on any atom is 0.138 e. The molecule has 0 fully saturated rings. The van der Waals surface area contributed by atoms with E-state index in [0.717, 1.165) is 4.88 Å². The first-order valence-electron chi connectivity index (χ1n) is 5.08. The number of nitrogens with one attached hydrogen (secondary N) is 1. The van der Waals surface area contributed by atoms with Crippen molar-refractivity contribution < 1.29 is 9.50 Å². The number of hydrogen-bond donors (Lipinski definition) is 2. The fourth-order valence-corrected chi connectivity index (χ4v) is 2.69. The highest BCUT2D eigenvalue weighted by molar-refractivity contribution is 14.1. The van der Waals surface area contributed by atoms with Crippen LogP contribution in [0.3, 0.4) is 0 Å². The zero-order valence-electron chi connectivity index (χ0n) is 8.86. The van der Waals surface area contributed by atoms with Crippen molar-refractivity contribution in [3.63, 3.8) is 0 Å². The Kier molecular flexibility index (Phi) is 4.36. The Morgan fingerprint density at radius 1 is 1.35 bits per heavy atom. The van der Waals surface area contributed by atoms with Crippen LogP contribution >= 0.6 is 33.9 Å². The predicted octanol–water partition coefficient (Wildman–Crippen LogP) is 3.64. The van der Waals surface area contributed by atoms with E-state index in [0.29, 0.717) is 15.8 Å².